The number of carboxylic acids is 1. The van der Waals surface area contributed by atoms with Crippen LogP contribution in [0.5, 0.6) is 0 Å². The highest BCUT2D eigenvalue weighted by Gasteiger charge is 2.34. The van der Waals surface area contributed by atoms with Crippen LogP contribution in [-0.2, 0) is 4.79 Å². The highest BCUT2D eigenvalue weighted by molar-refractivity contribution is 5.69. The minimum atomic E-state index is -1.05. The Morgan fingerprint density at radius 2 is 1.65 bits per heavy atom. The number of hydrogen-bond acceptors (Lipinski definition) is 5. The lowest BCUT2D eigenvalue weighted by molar-refractivity contribution is -0.141. The van der Waals surface area contributed by atoms with Crippen molar-refractivity contribution in [2.75, 3.05) is 32.9 Å². The number of aliphatic carboxylic acids is 1. The quantitative estimate of drug-likeness (QED) is 0.465. The van der Waals surface area contributed by atoms with Crippen LogP contribution in [0, 0.1) is 0 Å². The number of nitrogens with zero attached hydrogens (tertiary/aromatic N) is 1. The summed E-state index contributed by atoms with van der Waals surface area (Å²) < 4.78 is 0. The third kappa shape index (κ3) is 5.97. The Hall–Kier alpha value is -0.690. The Kier molecular flexibility index (Phi) is 11.5. The fourth-order valence-corrected chi connectivity index (χ4v) is 1.47. The molecular formula is C11H25NO5. The van der Waals surface area contributed by atoms with Gasteiger partial charge in [-0.3, -0.25) is 9.69 Å². The van der Waals surface area contributed by atoms with Gasteiger partial charge in [-0.25, -0.2) is 0 Å². The fourth-order valence-electron chi connectivity index (χ4n) is 1.47. The first-order chi connectivity index (χ1) is 8.06. The minimum absolute atomic E-state index is 0.112. The van der Waals surface area contributed by atoms with E-state index in [2.05, 4.69) is 0 Å². The summed E-state index contributed by atoms with van der Waals surface area (Å²) in [5, 5.41) is 35.9. The lowest BCUT2D eigenvalue weighted by Crippen LogP contribution is -2.56. The topological polar surface area (TPSA) is 101 Å². The van der Waals surface area contributed by atoms with Crippen LogP contribution in [0.15, 0.2) is 0 Å². The van der Waals surface area contributed by atoms with E-state index in [1.54, 1.807) is 6.92 Å². The average Bonchev–Trinajstić information content (AvgIpc) is 2.34. The SMILES string of the molecule is CC.CCC(CO)(CO)N(CCO)CC(=O)O. The van der Waals surface area contributed by atoms with Crippen LogP contribution in [0.2, 0.25) is 0 Å². The minimum Gasteiger partial charge on any atom is -0.480 e. The van der Waals surface area contributed by atoms with Gasteiger partial charge >= 0.3 is 5.97 Å². The fraction of sp³-hybridized carbons (Fsp3) is 0.909. The zero-order chi connectivity index (χ0) is 13.9. The molecule has 4 N–H and O–H groups in total. The summed E-state index contributed by atoms with van der Waals surface area (Å²) in [4.78, 5) is 12.0. The molecule has 0 saturated carbocycles. The average molecular weight is 251 g/mol. The molecule has 0 saturated heterocycles. The van der Waals surface area contributed by atoms with E-state index in [4.69, 9.17) is 10.2 Å². The van der Waals surface area contributed by atoms with E-state index in [1.165, 1.54) is 4.90 Å². The van der Waals surface area contributed by atoms with E-state index < -0.39 is 11.5 Å². The molecular weight excluding hydrogens is 226 g/mol. The van der Waals surface area contributed by atoms with Crippen molar-refractivity contribution in [3.63, 3.8) is 0 Å². The van der Waals surface area contributed by atoms with Gasteiger partial charge in [0.2, 0.25) is 0 Å². The summed E-state index contributed by atoms with van der Waals surface area (Å²) in [5.41, 5.74) is -0.971. The molecule has 0 radical (unpaired) electrons. The Balaban J connectivity index is 0. The number of hydrogen-bond donors (Lipinski definition) is 4. The lowest BCUT2D eigenvalue weighted by atomic mass is 9.95. The van der Waals surface area contributed by atoms with Gasteiger partial charge in [-0.15, -0.1) is 0 Å². The van der Waals surface area contributed by atoms with Crippen LogP contribution >= 0.6 is 0 Å². The zero-order valence-corrected chi connectivity index (χ0v) is 10.9. The van der Waals surface area contributed by atoms with Crippen LogP contribution in [0.1, 0.15) is 27.2 Å². The van der Waals surface area contributed by atoms with Crippen molar-refractivity contribution in [2.45, 2.75) is 32.7 Å². The molecule has 6 nitrogen and oxygen atoms in total. The highest BCUT2D eigenvalue weighted by atomic mass is 16.4. The van der Waals surface area contributed by atoms with Gasteiger partial charge in [-0.2, -0.15) is 0 Å². The maximum Gasteiger partial charge on any atom is 0.317 e. The molecule has 0 atom stereocenters. The molecule has 0 unspecified atom stereocenters. The van der Waals surface area contributed by atoms with E-state index in [0.29, 0.717) is 6.42 Å². The highest BCUT2D eigenvalue weighted by Crippen LogP contribution is 2.18. The van der Waals surface area contributed by atoms with Crippen LogP contribution in [0.4, 0.5) is 0 Å². The van der Waals surface area contributed by atoms with Crippen molar-refractivity contribution in [3.8, 4) is 0 Å². The second kappa shape index (κ2) is 10.5. The van der Waals surface area contributed by atoms with Crippen molar-refractivity contribution in [1.29, 1.82) is 0 Å². The molecule has 17 heavy (non-hydrogen) atoms. The molecule has 0 bridgehead atoms. The molecule has 0 aliphatic carbocycles. The molecule has 6 heteroatoms. The van der Waals surface area contributed by atoms with Crippen LogP contribution in [-0.4, -0.2) is 69.7 Å². The Morgan fingerprint density at radius 1 is 1.18 bits per heavy atom. The third-order valence-corrected chi connectivity index (χ3v) is 2.61. The summed E-state index contributed by atoms with van der Waals surface area (Å²) in [7, 11) is 0. The van der Waals surface area contributed by atoms with Crippen molar-refractivity contribution in [3.05, 3.63) is 0 Å². The molecule has 0 heterocycles. The largest absolute Gasteiger partial charge is 0.480 e. The van der Waals surface area contributed by atoms with Gasteiger partial charge in [-0.1, -0.05) is 20.8 Å². The first kappa shape index (κ1) is 18.7. The third-order valence-electron chi connectivity index (χ3n) is 2.61. The second-order valence-electron chi connectivity index (χ2n) is 3.43. The number of carboxylic acid groups (broad SMARTS) is 1. The molecule has 0 spiro atoms. The predicted octanol–water partition coefficient (Wildman–Crippen LogP) is -0.475. The smallest absolute Gasteiger partial charge is 0.317 e. The maximum atomic E-state index is 10.6. The van der Waals surface area contributed by atoms with E-state index in [-0.39, 0.29) is 32.9 Å². The van der Waals surface area contributed by atoms with Crippen LogP contribution < -0.4 is 0 Å². The number of aliphatic hydroxyl groups excluding tert-OH is 3. The standard InChI is InChI=1S/C9H19NO5.C2H6/c1-2-9(6-12,7-13)10(3-4-11)5-8(14)15;1-2/h11-13H,2-7H2,1H3,(H,14,15);1-2H3. The summed E-state index contributed by atoms with van der Waals surface area (Å²) >= 11 is 0. The summed E-state index contributed by atoms with van der Waals surface area (Å²) in [6, 6.07) is 0. The van der Waals surface area contributed by atoms with E-state index >= 15 is 0 Å². The van der Waals surface area contributed by atoms with Crippen LogP contribution in [0.25, 0.3) is 0 Å². The molecule has 0 aliphatic rings. The normalized spacial score (nSPS) is 11.0. The molecule has 0 rings (SSSR count). The number of aliphatic hydroxyl groups is 3. The van der Waals surface area contributed by atoms with Crippen molar-refractivity contribution in [2.24, 2.45) is 0 Å². The number of β-amino-alcohol motifs (C(OH)–C–C–N with tert-alkyl or cyclic N) is 1. The van der Waals surface area contributed by atoms with Crippen molar-refractivity contribution >= 4 is 5.97 Å². The molecule has 0 aromatic carbocycles. The van der Waals surface area contributed by atoms with Gasteiger partial charge in [0.05, 0.1) is 31.9 Å². The second-order valence-corrected chi connectivity index (χ2v) is 3.43. The van der Waals surface area contributed by atoms with Gasteiger partial charge in [0, 0.05) is 6.54 Å². The first-order valence-electron chi connectivity index (χ1n) is 5.85. The molecule has 0 aromatic rings. The van der Waals surface area contributed by atoms with Gasteiger partial charge in [0.25, 0.3) is 0 Å². The molecule has 0 aliphatic heterocycles. The van der Waals surface area contributed by atoms with E-state index in [9.17, 15) is 15.0 Å². The van der Waals surface area contributed by atoms with E-state index in [0.717, 1.165) is 0 Å². The molecule has 104 valence electrons. The number of carbonyl (C=O) groups is 1. The molecule has 0 amide bonds. The van der Waals surface area contributed by atoms with Crippen molar-refractivity contribution < 1.29 is 25.2 Å². The predicted molar refractivity (Wildman–Crippen MR) is 64.8 cm³/mol. The number of rotatable bonds is 8. The van der Waals surface area contributed by atoms with Gasteiger partial charge in [0.15, 0.2) is 0 Å². The Bertz CT molecular complexity index is 186. The molecule has 0 aromatic heterocycles. The lowest BCUT2D eigenvalue weighted by Gasteiger charge is -2.39. The maximum absolute atomic E-state index is 10.6. The molecule has 0 fully saturated rings. The summed E-state index contributed by atoms with van der Waals surface area (Å²) in [5.74, 6) is -1.05. The monoisotopic (exact) mass is 251 g/mol. The van der Waals surface area contributed by atoms with E-state index in [1.807, 2.05) is 13.8 Å². The van der Waals surface area contributed by atoms with Gasteiger partial charge in [0.1, 0.15) is 0 Å². The Labute approximate surface area is 102 Å². The first-order valence-corrected chi connectivity index (χ1v) is 5.85. The van der Waals surface area contributed by atoms with Gasteiger partial charge < -0.3 is 20.4 Å². The Morgan fingerprint density at radius 3 is 1.88 bits per heavy atom. The van der Waals surface area contributed by atoms with Gasteiger partial charge in [-0.05, 0) is 6.42 Å². The van der Waals surface area contributed by atoms with Crippen LogP contribution in [0.3, 0.4) is 0 Å². The summed E-state index contributed by atoms with van der Waals surface area (Å²) in [6.07, 6.45) is 0.410. The zero-order valence-electron chi connectivity index (χ0n) is 10.9. The van der Waals surface area contributed by atoms with Crippen molar-refractivity contribution in [1.82, 2.24) is 4.90 Å². The summed E-state index contributed by atoms with van der Waals surface area (Å²) in [6.45, 7) is 4.66.